The van der Waals surface area contributed by atoms with E-state index < -0.39 is 0 Å². The van der Waals surface area contributed by atoms with Crippen molar-refractivity contribution in [2.75, 3.05) is 25.0 Å². The number of amides is 2. The van der Waals surface area contributed by atoms with E-state index >= 15 is 0 Å². The predicted octanol–water partition coefficient (Wildman–Crippen LogP) is 3.84. The number of nitrogens with one attached hydrogen (secondary N) is 1. The molecule has 120 valence electrons. The van der Waals surface area contributed by atoms with Crippen LogP contribution in [0.25, 0.3) is 0 Å². The van der Waals surface area contributed by atoms with E-state index in [2.05, 4.69) is 16.8 Å². The molecule has 2 aliphatic heterocycles. The molecule has 1 spiro atoms. The number of rotatable bonds is 1. The van der Waals surface area contributed by atoms with Crippen molar-refractivity contribution in [3.8, 4) is 0 Å². The number of benzene rings is 1. The van der Waals surface area contributed by atoms with Gasteiger partial charge in [0.2, 0.25) is 0 Å². The quantitative estimate of drug-likeness (QED) is 0.864. The number of thiophene rings is 1. The van der Waals surface area contributed by atoms with Crippen LogP contribution in [-0.4, -0.2) is 30.6 Å². The van der Waals surface area contributed by atoms with Crippen LogP contribution in [0.1, 0.15) is 23.3 Å². The van der Waals surface area contributed by atoms with Crippen molar-refractivity contribution in [3.63, 3.8) is 0 Å². The molecule has 0 saturated carbocycles. The van der Waals surface area contributed by atoms with E-state index in [9.17, 15) is 4.79 Å². The number of likely N-dealkylation sites (tertiary alicyclic amines) is 1. The van der Waals surface area contributed by atoms with Crippen LogP contribution >= 0.6 is 11.3 Å². The van der Waals surface area contributed by atoms with Gasteiger partial charge in [0.25, 0.3) is 0 Å². The number of ether oxygens (including phenoxy) is 1. The Morgan fingerprint density at radius 2 is 1.96 bits per heavy atom. The lowest BCUT2D eigenvalue weighted by Crippen LogP contribution is -2.49. The van der Waals surface area contributed by atoms with Gasteiger partial charge in [-0.3, -0.25) is 0 Å². The van der Waals surface area contributed by atoms with E-state index in [0.717, 1.165) is 44.6 Å². The van der Waals surface area contributed by atoms with Gasteiger partial charge in [0.15, 0.2) is 0 Å². The summed E-state index contributed by atoms with van der Waals surface area (Å²) < 4.78 is 6.19. The van der Waals surface area contributed by atoms with Crippen LogP contribution in [0.5, 0.6) is 0 Å². The van der Waals surface area contributed by atoms with E-state index in [1.807, 2.05) is 35.2 Å². The number of urea groups is 1. The standard InChI is InChI=1S/C18H20N2O2S/c21-17(19-15-4-2-1-3-5-15)20-10-8-18(9-11-20)16-14(6-12-22-18)7-13-23-16/h1-5,7,13H,6,8-12H2,(H,19,21). The lowest BCUT2D eigenvalue weighted by molar-refractivity contribution is -0.0891. The number of piperidine rings is 1. The Hall–Kier alpha value is -1.85. The highest BCUT2D eigenvalue weighted by atomic mass is 32.1. The molecule has 2 aromatic rings. The Balaban J connectivity index is 1.43. The second kappa shape index (κ2) is 5.98. The van der Waals surface area contributed by atoms with Gasteiger partial charge in [-0.25, -0.2) is 4.79 Å². The zero-order chi connectivity index (χ0) is 15.7. The molecule has 4 nitrogen and oxygen atoms in total. The summed E-state index contributed by atoms with van der Waals surface area (Å²) in [5.74, 6) is 0. The number of anilines is 1. The third kappa shape index (κ3) is 2.75. The topological polar surface area (TPSA) is 41.6 Å². The fourth-order valence-electron chi connectivity index (χ4n) is 3.52. The highest BCUT2D eigenvalue weighted by molar-refractivity contribution is 7.10. The van der Waals surface area contributed by atoms with Gasteiger partial charge in [-0.1, -0.05) is 18.2 Å². The molecule has 2 amide bonds. The summed E-state index contributed by atoms with van der Waals surface area (Å²) in [6.45, 7) is 2.26. The van der Waals surface area contributed by atoms with Crippen molar-refractivity contribution >= 4 is 23.1 Å². The molecule has 0 aliphatic carbocycles. The maximum Gasteiger partial charge on any atom is 0.321 e. The summed E-state index contributed by atoms with van der Waals surface area (Å²) in [5, 5.41) is 5.13. The van der Waals surface area contributed by atoms with E-state index in [1.54, 1.807) is 11.3 Å². The van der Waals surface area contributed by atoms with Gasteiger partial charge in [0.1, 0.15) is 5.60 Å². The summed E-state index contributed by atoms with van der Waals surface area (Å²) in [6, 6.07) is 11.8. The van der Waals surface area contributed by atoms with Crippen LogP contribution < -0.4 is 5.32 Å². The molecular weight excluding hydrogens is 308 g/mol. The molecule has 1 N–H and O–H groups in total. The SMILES string of the molecule is O=C(Nc1ccccc1)N1CCC2(CC1)OCCc1ccsc12. The lowest BCUT2D eigenvalue weighted by atomic mass is 9.85. The zero-order valence-corrected chi connectivity index (χ0v) is 13.8. The van der Waals surface area contributed by atoms with Crippen molar-refractivity contribution in [2.45, 2.75) is 24.9 Å². The number of hydrogen-bond donors (Lipinski definition) is 1. The van der Waals surface area contributed by atoms with Gasteiger partial charge in [-0.15, -0.1) is 11.3 Å². The maximum atomic E-state index is 12.4. The van der Waals surface area contributed by atoms with Crippen LogP contribution in [-0.2, 0) is 16.8 Å². The fourth-order valence-corrected chi connectivity index (χ4v) is 4.69. The van der Waals surface area contributed by atoms with Crippen molar-refractivity contribution in [2.24, 2.45) is 0 Å². The summed E-state index contributed by atoms with van der Waals surface area (Å²) in [7, 11) is 0. The van der Waals surface area contributed by atoms with Gasteiger partial charge < -0.3 is 15.0 Å². The minimum Gasteiger partial charge on any atom is -0.369 e. The van der Waals surface area contributed by atoms with E-state index in [0.29, 0.717) is 0 Å². The molecule has 5 heteroatoms. The zero-order valence-electron chi connectivity index (χ0n) is 13.0. The molecule has 23 heavy (non-hydrogen) atoms. The number of fused-ring (bicyclic) bond motifs is 2. The largest absolute Gasteiger partial charge is 0.369 e. The summed E-state index contributed by atoms with van der Waals surface area (Å²) in [4.78, 5) is 15.7. The van der Waals surface area contributed by atoms with Crippen LogP contribution in [0.4, 0.5) is 10.5 Å². The molecular formula is C18H20N2O2S. The molecule has 1 aromatic heterocycles. The molecule has 0 bridgehead atoms. The maximum absolute atomic E-state index is 12.4. The number of hydrogen-bond acceptors (Lipinski definition) is 3. The molecule has 0 radical (unpaired) electrons. The smallest absolute Gasteiger partial charge is 0.321 e. The van der Waals surface area contributed by atoms with Gasteiger partial charge in [-0.2, -0.15) is 0 Å². The van der Waals surface area contributed by atoms with Crippen molar-refractivity contribution in [1.82, 2.24) is 4.90 Å². The third-order valence-corrected chi connectivity index (χ3v) is 5.94. The first-order chi connectivity index (χ1) is 11.3. The van der Waals surface area contributed by atoms with Crippen molar-refractivity contribution < 1.29 is 9.53 Å². The monoisotopic (exact) mass is 328 g/mol. The van der Waals surface area contributed by atoms with Crippen LogP contribution in [0.2, 0.25) is 0 Å². The molecule has 1 aromatic carbocycles. The van der Waals surface area contributed by atoms with Gasteiger partial charge >= 0.3 is 6.03 Å². The molecule has 1 fully saturated rings. The van der Waals surface area contributed by atoms with Crippen molar-refractivity contribution in [1.29, 1.82) is 0 Å². The van der Waals surface area contributed by atoms with E-state index in [4.69, 9.17) is 4.74 Å². The van der Waals surface area contributed by atoms with E-state index in [-0.39, 0.29) is 11.6 Å². The molecule has 2 aliphatic rings. The molecule has 0 unspecified atom stereocenters. The number of para-hydroxylation sites is 1. The number of carbonyl (C=O) groups is 1. The Morgan fingerprint density at radius 1 is 1.17 bits per heavy atom. The highest BCUT2D eigenvalue weighted by Crippen LogP contribution is 2.44. The summed E-state index contributed by atoms with van der Waals surface area (Å²) >= 11 is 1.80. The van der Waals surface area contributed by atoms with Gasteiger partial charge in [0.05, 0.1) is 6.61 Å². The Bertz CT molecular complexity index is 690. The van der Waals surface area contributed by atoms with Crippen LogP contribution in [0.3, 0.4) is 0 Å². The first-order valence-corrected chi connectivity index (χ1v) is 8.97. The summed E-state index contributed by atoms with van der Waals surface area (Å²) in [5.41, 5.74) is 2.11. The van der Waals surface area contributed by atoms with Crippen LogP contribution in [0.15, 0.2) is 41.8 Å². The average molecular weight is 328 g/mol. The van der Waals surface area contributed by atoms with Gasteiger partial charge in [0, 0.05) is 23.7 Å². The number of carbonyl (C=O) groups excluding carboxylic acids is 1. The summed E-state index contributed by atoms with van der Waals surface area (Å²) in [6.07, 6.45) is 2.77. The Kier molecular flexibility index (Phi) is 3.83. The predicted molar refractivity (Wildman–Crippen MR) is 91.9 cm³/mol. The Morgan fingerprint density at radius 3 is 2.74 bits per heavy atom. The van der Waals surface area contributed by atoms with Gasteiger partial charge in [-0.05, 0) is 48.4 Å². The molecule has 4 rings (SSSR count). The van der Waals surface area contributed by atoms with E-state index in [1.165, 1.54) is 10.4 Å². The van der Waals surface area contributed by atoms with Crippen LogP contribution in [0, 0.1) is 0 Å². The molecule has 3 heterocycles. The lowest BCUT2D eigenvalue weighted by Gasteiger charge is -2.43. The average Bonchev–Trinajstić information content (AvgIpc) is 3.07. The van der Waals surface area contributed by atoms with Crippen molar-refractivity contribution in [3.05, 3.63) is 52.2 Å². The Labute approximate surface area is 140 Å². The first kappa shape index (κ1) is 14.7. The fraction of sp³-hybridized carbons (Fsp3) is 0.389. The normalized spacial score (nSPS) is 19.4. The minimum absolute atomic E-state index is 0.0201. The second-order valence-corrected chi connectivity index (χ2v) is 7.07. The third-order valence-electron chi connectivity index (χ3n) is 4.79. The first-order valence-electron chi connectivity index (χ1n) is 8.09. The second-order valence-electron chi connectivity index (χ2n) is 6.15. The molecule has 1 saturated heterocycles. The minimum atomic E-state index is -0.161. The molecule has 0 atom stereocenters. The number of nitrogens with zero attached hydrogens (tertiary/aromatic N) is 1. The highest BCUT2D eigenvalue weighted by Gasteiger charge is 2.42.